The average molecular weight is 285 g/mol. The van der Waals surface area contributed by atoms with Crippen LogP contribution in [0.5, 0.6) is 0 Å². The van der Waals surface area contributed by atoms with E-state index in [0.29, 0.717) is 32.7 Å². The molecule has 1 atom stereocenters. The minimum absolute atomic E-state index is 0.0964. The summed E-state index contributed by atoms with van der Waals surface area (Å²) in [4.78, 5) is 25.4. The molecule has 0 bridgehead atoms. The van der Waals surface area contributed by atoms with Crippen LogP contribution < -0.4 is 10.6 Å². The van der Waals surface area contributed by atoms with E-state index in [4.69, 9.17) is 4.74 Å². The first kappa shape index (κ1) is 16.8. The fraction of sp³-hybridized carbons (Fsp3) is 0.857. The molecule has 20 heavy (non-hydrogen) atoms. The molecule has 3 amide bonds. The number of carbonyl (C=O) groups is 2. The molecule has 116 valence electrons. The number of amides is 3. The summed E-state index contributed by atoms with van der Waals surface area (Å²) in [5.74, 6) is 0.0964. The summed E-state index contributed by atoms with van der Waals surface area (Å²) >= 11 is 0. The third kappa shape index (κ3) is 5.36. The lowest BCUT2D eigenvalue weighted by Gasteiger charge is -2.32. The van der Waals surface area contributed by atoms with E-state index in [0.717, 1.165) is 6.42 Å². The monoisotopic (exact) mass is 285 g/mol. The van der Waals surface area contributed by atoms with E-state index in [1.165, 1.54) is 0 Å². The van der Waals surface area contributed by atoms with Crippen molar-refractivity contribution >= 4 is 11.9 Å². The Hall–Kier alpha value is -1.30. The lowest BCUT2D eigenvalue weighted by atomic mass is 10.1. The predicted molar refractivity (Wildman–Crippen MR) is 77.5 cm³/mol. The third-order valence-corrected chi connectivity index (χ3v) is 3.23. The average Bonchev–Trinajstić information content (AvgIpc) is 2.69. The van der Waals surface area contributed by atoms with E-state index in [1.54, 1.807) is 0 Å². The summed E-state index contributed by atoms with van der Waals surface area (Å²) in [6, 6.07) is -0.316. The van der Waals surface area contributed by atoms with Crippen LogP contribution in [0.25, 0.3) is 0 Å². The van der Waals surface area contributed by atoms with Crippen molar-refractivity contribution in [3.05, 3.63) is 0 Å². The lowest BCUT2D eigenvalue weighted by Crippen LogP contribution is -2.46. The number of hydrogen-bond donors (Lipinski definition) is 2. The summed E-state index contributed by atoms with van der Waals surface area (Å²) in [6.07, 6.45) is 1.17. The normalized spacial score (nSPS) is 19.3. The van der Waals surface area contributed by atoms with Gasteiger partial charge in [-0.15, -0.1) is 0 Å². The first-order valence-corrected chi connectivity index (χ1v) is 7.27. The zero-order valence-corrected chi connectivity index (χ0v) is 13.0. The fourth-order valence-electron chi connectivity index (χ4n) is 2.21. The lowest BCUT2D eigenvalue weighted by molar-refractivity contribution is -0.131. The van der Waals surface area contributed by atoms with Crippen molar-refractivity contribution < 1.29 is 14.3 Å². The maximum atomic E-state index is 11.9. The van der Waals surface area contributed by atoms with E-state index in [-0.39, 0.29) is 23.5 Å². The van der Waals surface area contributed by atoms with Crippen LogP contribution >= 0.6 is 0 Å². The SMILES string of the molecule is CCOCCCNC(=O)NC1CC(=O)N(C(C)(C)C)C1. The molecule has 0 aliphatic carbocycles. The third-order valence-electron chi connectivity index (χ3n) is 3.23. The molecule has 0 aromatic heterocycles. The number of likely N-dealkylation sites (tertiary alicyclic amines) is 1. The van der Waals surface area contributed by atoms with Crippen LogP contribution in [0, 0.1) is 0 Å². The second-order valence-corrected chi connectivity index (χ2v) is 6.03. The van der Waals surface area contributed by atoms with Crippen LogP contribution in [-0.2, 0) is 9.53 Å². The van der Waals surface area contributed by atoms with Crippen LogP contribution in [0.15, 0.2) is 0 Å². The molecule has 0 aromatic carbocycles. The summed E-state index contributed by atoms with van der Waals surface area (Å²) in [6.45, 7) is 10.4. The van der Waals surface area contributed by atoms with Gasteiger partial charge in [0.15, 0.2) is 0 Å². The van der Waals surface area contributed by atoms with Crippen molar-refractivity contribution in [1.82, 2.24) is 15.5 Å². The van der Waals surface area contributed by atoms with Gasteiger partial charge in [-0.3, -0.25) is 4.79 Å². The Kier molecular flexibility index (Phi) is 6.26. The Bertz CT molecular complexity index is 339. The zero-order valence-electron chi connectivity index (χ0n) is 13.0. The number of hydrogen-bond acceptors (Lipinski definition) is 3. The van der Waals surface area contributed by atoms with Crippen LogP contribution in [0.2, 0.25) is 0 Å². The van der Waals surface area contributed by atoms with Crippen molar-refractivity contribution in [1.29, 1.82) is 0 Å². The molecule has 0 radical (unpaired) electrons. The van der Waals surface area contributed by atoms with Gasteiger partial charge in [0, 0.05) is 38.3 Å². The van der Waals surface area contributed by atoms with Crippen LogP contribution in [-0.4, -0.2) is 54.7 Å². The second-order valence-electron chi connectivity index (χ2n) is 6.03. The molecule has 1 rings (SSSR count). The molecule has 0 spiro atoms. The maximum absolute atomic E-state index is 11.9. The minimum Gasteiger partial charge on any atom is -0.382 e. The maximum Gasteiger partial charge on any atom is 0.315 e. The highest BCUT2D eigenvalue weighted by molar-refractivity contribution is 5.82. The molecule has 6 nitrogen and oxygen atoms in total. The Morgan fingerprint density at radius 2 is 2.15 bits per heavy atom. The van der Waals surface area contributed by atoms with Gasteiger partial charge >= 0.3 is 6.03 Å². The Labute approximate surface area is 121 Å². The first-order chi connectivity index (χ1) is 9.34. The summed E-state index contributed by atoms with van der Waals surface area (Å²) in [7, 11) is 0. The van der Waals surface area contributed by atoms with E-state index in [2.05, 4.69) is 10.6 Å². The van der Waals surface area contributed by atoms with Crippen molar-refractivity contribution in [3.8, 4) is 0 Å². The molecular weight excluding hydrogens is 258 g/mol. The number of nitrogens with one attached hydrogen (secondary N) is 2. The minimum atomic E-state index is -0.213. The summed E-state index contributed by atoms with van der Waals surface area (Å²) < 4.78 is 5.19. The first-order valence-electron chi connectivity index (χ1n) is 7.27. The van der Waals surface area contributed by atoms with E-state index in [1.807, 2.05) is 32.6 Å². The molecule has 0 aromatic rings. The molecule has 1 aliphatic rings. The highest BCUT2D eigenvalue weighted by atomic mass is 16.5. The van der Waals surface area contributed by atoms with Gasteiger partial charge in [0.2, 0.25) is 5.91 Å². The molecule has 1 heterocycles. The fourth-order valence-corrected chi connectivity index (χ4v) is 2.21. The van der Waals surface area contributed by atoms with Crippen molar-refractivity contribution in [2.75, 3.05) is 26.3 Å². The van der Waals surface area contributed by atoms with Gasteiger partial charge in [0.25, 0.3) is 0 Å². The molecule has 1 fully saturated rings. The number of ether oxygens (including phenoxy) is 1. The second kappa shape index (κ2) is 7.47. The highest BCUT2D eigenvalue weighted by Crippen LogP contribution is 2.21. The quantitative estimate of drug-likeness (QED) is 0.718. The molecule has 1 saturated heterocycles. The van der Waals surface area contributed by atoms with Crippen LogP contribution in [0.3, 0.4) is 0 Å². The summed E-state index contributed by atoms with van der Waals surface area (Å²) in [5, 5.41) is 5.63. The number of nitrogens with zero attached hydrogens (tertiary/aromatic N) is 1. The molecular formula is C14H27N3O3. The van der Waals surface area contributed by atoms with Crippen LogP contribution in [0.4, 0.5) is 4.79 Å². The molecule has 6 heteroatoms. The van der Waals surface area contributed by atoms with E-state index in [9.17, 15) is 9.59 Å². The van der Waals surface area contributed by atoms with Gasteiger partial charge in [0.1, 0.15) is 0 Å². The molecule has 0 saturated carbocycles. The van der Waals surface area contributed by atoms with Crippen molar-refractivity contribution in [2.24, 2.45) is 0 Å². The van der Waals surface area contributed by atoms with Gasteiger partial charge < -0.3 is 20.3 Å². The number of carbonyl (C=O) groups excluding carboxylic acids is 2. The highest BCUT2D eigenvalue weighted by Gasteiger charge is 2.36. The molecule has 1 aliphatic heterocycles. The van der Waals surface area contributed by atoms with Gasteiger partial charge in [-0.1, -0.05) is 0 Å². The van der Waals surface area contributed by atoms with E-state index < -0.39 is 0 Å². The van der Waals surface area contributed by atoms with Gasteiger partial charge in [-0.2, -0.15) is 0 Å². The topological polar surface area (TPSA) is 70.7 Å². The number of rotatable bonds is 6. The Morgan fingerprint density at radius 1 is 1.45 bits per heavy atom. The van der Waals surface area contributed by atoms with Gasteiger partial charge in [-0.25, -0.2) is 4.79 Å². The van der Waals surface area contributed by atoms with Crippen molar-refractivity contribution in [3.63, 3.8) is 0 Å². The summed E-state index contributed by atoms with van der Waals surface area (Å²) in [5.41, 5.74) is -0.193. The van der Waals surface area contributed by atoms with Gasteiger partial charge in [0.05, 0.1) is 6.04 Å². The van der Waals surface area contributed by atoms with Crippen LogP contribution in [0.1, 0.15) is 40.5 Å². The standard InChI is InChI=1S/C14H27N3O3/c1-5-20-8-6-7-15-13(19)16-11-9-12(18)17(10-11)14(2,3)4/h11H,5-10H2,1-4H3,(H2,15,16,19). The zero-order chi connectivity index (χ0) is 15.2. The Morgan fingerprint density at radius 3 is 2.70 bits per heavy atom. The van der Waals surface area contributed by atoms with Crippen molar-refractivity contribution in [2.45, 2.75) is 52.1 Å². The smallest absolute Gasteiger partial charge is 0.315 e. The predicted octanol–water partition coefficient (Wildman–Crippen LogP) is 1.11. The molecule has 2 N–H and O–H groups in total. The molecule has 1 unspecified atom stereocenters. The largest absolute Gasteiger partial charge is 0.382 e. The van der Waals surface area contributed by atoms with E-state index >= 15 is 0 Å². The Balaban J connectivity index is 2.25. The number of urea groups is 1. The van der Waals surface area contributed by atoms with Gasteiger partial charge in [-0.05, 0) is 34.1 Å².